The quantitative estimate of drug-likeness (QED) is 0.275. The molecule has 0 bridgehead atoms. The minimum atomic E-state index is -0.531. The summed E-state index contributed by atoms with van der Waals surface area (Å²) in [5.41, 5.74) is 2.42. The van der Waals surface area contributed by atoms with Crippen LogP contribution in [0.2, 0.25) is 0 Å². The lowest BCUT2D eigenvalue weighted by atomic mass is 10.2. The van der Waals surface area contributed by atoms with Gasteiger partial charge in [0.1, 0.15) is 0 Å². The maximum absolute atomic E-state index is 2.45. The Hall–Kier alpha value is -2.78. The molecule has 33 heavy (non-hydrogen) atoms. The Morgan fingerprint density at radius 3 is 1.36 bits per heavy atom. The van der Waals surface area contributed by atoms with Crippen LogP contribution in [0.3, 0.4) is 0 Å². The van der Waals surface area contributed by atoms with E-state index >= 15 is 0 Å². The average molecular weight is 463 g/mol. The van der Waals surface area contributed by atoms with Crippen LogP contribution < -0.4 is 21.2 Å². The number of rotatable bonds is 7. The Morgan fingerprint density at radius 1 is 0.545 bits per heavy atom. The van der Waals surface area contributed by atoms with Crippen LogP contribution in [0.15, 0.2) is 145 Å². The van der Waals surface area contributed by atoms with E-state index in [4.69, 9.17) is 0 Å². The molecule has 1 aliphatic carbocycles. The predicted molar refractivity (Wildman–Crippen MR) is 149 cm³/mol. The van der Waals surface area contributed by atoms with Crippen LogP contribution in [0.25, 0.3) is 0 Å². The van der Waals surface area contributed by atoms with Gasteiger partial charge in [-0.3, -0.25) is 0 Å². The van der Waals surface area contributed by atoms with Gasteiger partial charge in [-0.25, -0.2) is 0 Å². The zero-order valence-corrected chi connectivity index (χ0v) is 20.6. The van der Waals surface area contributed by atoms with E-state index in [-0.39, 0.29) is 0 Å². The topological polar surface area (TPSA) is 0 Å². The normalized spacial score (nSPS) is 16.2. The third-order valence-electron chi connectivity index (χ3n) is 6.21. The highest BCUT2D eigenvalue weighted by Crippen LogP contribution is 2.52. The molecule has 1 aliphatic rings. The summed E-state index contributed by atoms with van der Waals surface area (Å²) >= 11 is 0. The molecule has 0 heterocycles. The first-order valence-electron chi connectivity index (χ1n) is 11.5. The minimum Gasteiger partial charge on any atom is -0.0724 e. The summed E-state index contributed by atoms with van der Waals surface area (Å²) in [4.78, 5) is 0. The number of hydrogen-bond donors (Lipinski definition) is 0. The summed E-state index contributed by atoms with van der Waals surface area (Å²) < 4.78 is 0. The van der Waals surface area contributed by atoms with Crippen LogP contribution in [0.1, 0.15) is 6.92 Å². The van der Waals surface area contributed by atoms with E-state index in [0.717, 1.165) is 0 Å². The maximum atomic E-state index is 2.45. The summed E-state index contributed by atoms with van der Waals surface area (Å²) in [6.45, 7) is 2.45. The lowest BCUT2D eigenvalue weighted by Crippen LogP contribution is -2.28. The van der Waals surface area contributed by atoms with Crippen molar-refractivity contribution in [1.82, 2.24) is 0 Å². The molecule has 162 valence electrons. The van der Waals surface area contributed by atoms with Gasteiger partial charge in [0.05, 0.1) is 0 Å². The van der Waals surface area contributed by atoms with Crippen molar-refractivity contribution in [2.45, 2.75) is 18.2 Å². The first-order chi connectivity index (χ1) is 16.3. The summed E-state index contributed by atoms with van der Waals surface area (Å²) in [5, 5.41) is 5.78. The molecule has 0 N–H and O–H groups in total. The fourth-order valence-electron chi connectivity index (χ4n) is 4.67. The molecular formula is C31H28P2. The fourth-order valence-corrected chi connectivity index (χ4v) is 10.3. The van der Waals surface area contributed by atoms with Crippen molar-refractivity contribution in [3.63, 3.8) is 0 Å². The van der Waals surface area contributed by atoms with Gasteiger partial charge in [-0.2, -0.15) is 0 Å². The summed E-state index contributed by atoms with van der Waals surface area (Å²) in [7, 11) is -1.04. The molecule has 0 radical (unpaired) electrons. The second-order valence-corrected chi connectivity index (χ2v) is 13.1. The second kappa shape index (κ2) is 10.4. The zero-order chi connectivity index (χ0) is 22.5. The Labute approximate surface area is 200 Å². The van der Waals surface area contributed by atoms with Gasteiger partial charge in [-0.1, -0.05) is 152 Å². The van der Waals surface area contributed by atoms with Crippen molar-refractivity contribution in [3.05, 3.63) is 145 Å². The first kappa shape index (κ1) is 22.0. The minimum absolute atomic E-state index is 0.414. The molecule has 0 amide bonds. The van der Waals surface area contributed by atoms with Crippen molar-refractivity contribution in [2.24, 2.45) is 0 Å². The van der Waals surface area contributed by atoms with Gasteiger partial charge >= 0.3 is 0 Å². The van der Waals surface area contributed by atoms with E-state index in [9.17, 15) is 0 Å². The predicted octanol–water partition coefficient (Wildman–Crippen LogP) is 6.51. The average Bonchev–Trinajstić information content (AvgIpc) is 3.36. The van der Waals surface area contributed by atoms with Crippen LogP contribution in [0.5, 0.6) is 0 Å². The van der Waals surface area contributed by atoms with E-state index in [1.807, 2.05) is 0 Å². The van der Waals surface area contributed by atoms with Gasteiger partial charge in [0.25, 0.3) is 0 Å². The Bertz CT molecular complexity index is 1140. The highest BCUT2D eigenvalue weighted by Gasteiger charge is 2.34. The van der Waals surface area contributed by atoms with Crippen LogP contribution >= 0.6 is 15.8 Å². The third kappa shape index (κ3) is 4.79. The van der Waals surface area contributed by atoms with Crippen molar-refractivity contribution in [2.75, 3.05) is 0 Å². The molecular weight excluding hydrogens is 434 g/mol. The lowest BCUT2D eigenvalue weighted by Gasteiger charge is -2.33. The highest BCUT2D eigenvalue weighted by molar-refractivity contribution is 7.75. The molecule has 0 aliphatic heterocycles. The summed E-state index contributed by atoms with van der Waals surface area (Å²) in [6, 6.07) is 44.4. The fraction of sp³-hybridized carbons (Fsp3) is 0.0968. The summed E-state index contributed by atoms with van der Waals surface area (Å²) in [5.74, 6) is 0. The van der Waals surface area contributed by atoms with Crippen LogP contribution in [0.4, 0.5) is 0 Å². The highest BCUT2D eigenvalue weighted by atomic mass is 31.1. The number of allylic oxidation sites excluding steroid dienone is 4. The Kier molecular flexibility index (Phi) is 6.97. The van der Waals surface area contributed by atoms with Crippen molar-refractivity contribution >= 4 is 37.1 Å². The molecule has 4 aromatic carbocycles. The molecule has 4 aromatic rings. The van der Waals surface area contributed by atoms with Crippen LogP contribution in [0, 0.1) is 0 Å². The SMILES string of the molecule is C[C@@H](C1=CC=CC1P(c1ccccc1)c1ccccc1)P(c1ccccc1)c1ccccc1. The Morgan fingerprint density at radius 2 is 0.939 bits per heavy atom. The molecule has 2 atom stereocenters. The van der Waals surface area contributed by atoms with E-state index in [1.165, 1.54) is 21.2 Å². The van der Waals surface area contributed by atoms with Gasteiger partial charge in [-0.05, 0) is 37.1 Å². The Balaban J connectivity index is 1.56. The van der Waals surface area contributed by atoms with Crippen LogP contribution in [-0.4, -0.2) is 11.3 Å². The molecule has 5 rings (SSSR count). The third-order valence-corrected chi connectivity index (χ3v) is 11.7. The van der Waals surface area contributed by atoms with E-state index in [1.54, 1.807) is 5.57 Å². The lowest BCUT2D eigenvalue weighted by molar-refractivity contribution is 1.07. The van der Waals surface area contributed by atoms with Crippen molar-refractivity contribution in [3.8, 4) is 0 Å². The second-order valence-electron chi connectivity index (χ2n) is 8.25. The zero-order valence-electron chi connectivity index (χ0n) is 18.8. The van der Waals surface area contributed by atoms with Gasteiger partial charge in [0.15, 0.2) is 0 Å². The number of benzene rings is 4. The van der Waals surface area contributed by atoms with Gasteiger partial charge in [0.2, 0.25) is 0 Å². The van der Waals surface area contributed by atoms with Crippen LogP contribution in [-0.2, 0) is 0 Å². The number of hydrogen-bond acceptors (Lipinski definition) is 0. The summed E-state index contributed by atoms with van der Waals surface area (Å²) in [6.07, 6.45) is 7.14. The molecule has 1 unspecified atom stereocenters. The van der Waals surface area contributed by atoms with Gasteiger partial charge in [-0.15, -0.1) is 0 Å². The van der Waals surface area contributed by atoms with Crippen molar-refractivity contribution in [1.29, 1.82) is 0 Å². The smallest absolute Gasteiger partial charge is 0.0273 e. The van der Waals surface area contributed by atoms with E-state index < -0.39 is 15.8 Å². The molecule has 0 nitrogen and oxygen atoms in total. The van der Waals surface area contributed by atoms with Gasteiger partial charge in [0, 0.05) is 11.3 Å². The largest absolute Gasteiger partial charge is 0.0724 e. The molecule has 0 saturated heterocycles. The van der Waals surface area contributed by atoms with E-state index in [2.05, 4.69) is 146 Å². The van der Waals surface area contributed by atoms with Crippen molar-refractivity contribution < 1.29 is 0 Å². The molecule has 2 heteroatoms. The monoisotopic (exact) mass is 462 g/mol. The molecule has 0 saturated carbocycles. The molecule has 0 aromatic heterocycles. The molecule has 0 fully saturated rings. The standard InChI is InChI=1S/C31H28P2/c1-25(32(26-15-6-2-7-16-26)27-17-8-3-9-18-27)30-23-14-24-31(30)33(28-19-10-4-11-20-28)29-21-12-5-13-22-29/h2-25,31H,1H3/t25-,31?/m0/s1. The van der Waals surface area contributed by atoms with Gasteiger partial charge < -0.3 is 0 Å². The maximum Gasteiger partial charge on any atom is 0.0273 e. The van der Waals surface area contributed by atoms with E-state index in [0.29, 0.717) is 11.3 Å². The molecule has 0 spiro atoms. The first-order valence-corrected chi connectivity index (χ1v) is 14.3.